The summed E-state index contributed by atoms with van der Waals surface area (Å²) in [5, 5.41) is 3.87. The van der Waals surface area contributed by atoms with Gasteiger partial charge in [0.1, 0.15) is 0 Å². The standard InChI is InChI=1S/C12H15BrClN3O/c1-8(18)17-4-2-10(3-5-17)16-11-6-9(13)7-15-12(11)14/h6-7,10,16H,2-5H2,1H3. The number of halogens is 2. The van der Waals surface area contributed by atoms with Gasteiger partial charge in [0.05, 0.1) is 5.69 Å². The third kappa shape index (κ3) is 3.36. The second-order valence-electron chi connectivity index (χ2n) is 4.42. The van der Waals surface area contributed by atoms with Crippen LogP contribution >= 0.6 is 27.5 Å². The monoisotopic (exact) mass is 331 g/mol. The first kappa shape index (κ1) is 13.6. The van der Waals surface area contributed by atoms with Gasteiger partial charge in [-0.1, -0.05) is 11.6 Å². The molecule has 1 N–H and O–H groups in total. The molecule has 1 amide bonds. The van der Waals surface area contributed by atoms with E-state index in [-0.39, 0.29) is 5.91 Å². The highest BCUT2D eigenvalue weighted by atomic mass is 79.9. The van der Waals surface area contributed by atoms with Gasteiger partial charge in [0.15, 0.2) is 5.15 Å². The Balaban J connectivity index is 1.95. The first-order chi connectivity index (χ1) is 8.56. The van der Waals surface area contributed by atoms with Gasteiger partial charge in [-0.2, -0.15) is 0 Å². The summed E-state index contributed by atoms with van der Waals surface area (Å²) in [6.45, 7) is 3.21. The van der Waals surface area contributed by atoms with Crippen molar-refractivity contribution in [1.29, 1.82) is 0 Å². The first-order valence-electron chi connectivity index (χ1n) is 5.89. The fourth-order valence-electron chi connectivity index (χ4n) is 2.08. The molecule has 0 spiro atoms. The number of pyridine rings is 1. The van der Waals surface area contributed by atoms with Crippen LogP contribution in [0, 0.1) is 0 Å². The number of hydrogen-bond acceptors (Lipinski definition) is 3. The first-order valence-corrected chi connectivity index (χ1v) is 7.06. The Morgan fingerprint density at radius 2 is 2.22 bits per heavy atom. The summed E-state index contributed by atoms with van der Waals surface area (Å²) in [6, 6.07) is 2.27. The normalized spacial score (nSPS) is 16.7. The fourth-order valence-corrected chi connectivity index (χ4v) is 2.57. The van der Waals surface area contributed by atoms with E-state index in [1.165, 1.54) is 0 Å². The molecule has 18 heavy (non-hydrogen) atoms. The average Bonchev–Trinajstić information content (AvgIpc) is 2.34. The Hall–Kier alpha value is -0.810. The Labute approximate surface area is 120 Å². The summed E-state index contributed by atoms with van der Waals surface area (Å²) in [6.07, 6.45) is 3.54. The predicted octanol–water partition coefficient (Wildman–Crippen LogP) is 2.92. The highest BCUT2D eigenvalue weighted by molar-refractivity contribution is 9.10. The number of hydrogen-bond donors (Lipinski definition) is 1. The number of amides is 1. The zero-order chi connectivity index (χ0) is 13.1. The lowest BCUT2D eigenvalue weighted by Gasteiger charge is -2.32. The van der Waals surface area contributed by atoms with E-state index in [4.69, 9.17) is 11.6 Å². The van der Waals surface area contributed by atoms with Crippen molar-refractivity contribution in [3.05, 3.63) is 21.9 Å². The molecule has 0 bridgehead atoms. The summed E-state index contributed by atoms with van der Waals surface area (Å²) in [5.41, 5.74) is 0.840. The van der Waals surface area contributed by atoms with Crippen LogP contribution in [0.2, 0.25) is 5.15 Å². The van der Waals surface area contributed by atoms with Crippen molar-refractivity contribution in [2.75, 3.05) is 18.4 Å². The van der Waals surface area contributed by atoms with Gasteiger partial charge >= 0.3 is 0 Å². The van der Waals surface area contributed by atoms with Gasteiger partial charge in [0.25, 0.3) is 0 Å². The zero-order valence-electron chi connectivity index (χ0n) is 10.1. The van der Waals surface area contributed by atoms with Gasteiger partial charge in [0, 0.05) is 36.7 Å². The lowest BCUT2D eigenvalue weighted by molar-refractivity contribution is -0.129. The molecule has 1 aliphatic rings. The minimum absolute atomic E-state index is 0.149. The second-order valence-corrected chi connectivity index (χ2v) is 5.69. The third-order valence-electron chi connectivity index (χ3n) is 3.11. The Kier molecular flexibility index (Phi) is 4.45. The van der Waals surface area contributed by atoms with E-state index in [2.05, 4.69) is 26.2 Å². The average molecular weight is 333 g/mol. The third-order valence-corrected chi connectivity index (χ3v) is 3.84. The molecule has 1 fully saturated rings. The van der Waals surface area contributed by atoms with Crippen molar-refractivity contribution in [3.63, 3.8) is 0 Å². The number of nitrogens with zero attached hydrogens (tertiary/aromatic N) is 2. The molecule has 0 saturated carbocycles. The Morgan fingerprint density at radius 3 is 2.83 bits per heavy atom. The molecule has 0 aromatic carbocycles. The molecule has 6 heteroatoms. The SMILES string of the molecule is CC(=O)N1CCC(Nc2cc(Br)cnc2Cl)CC1. The van der Waals surface area contributed by atoms with Crippen LogP contribution in [0.5, 0.6) is 0 Å². The molecule has 2 heterocycles. The van der Waals surface area contributed by atoms with Crippen LogP contribution in [0.4, 0.5) is 5.69 Å². The quantitative estimate of drug-likeness (QED) is 0.847. The van der Waals surface area contributed by atoms with Gasteiger partial charge in [0.2, 0.25) is 5.91 Å². The molecule has 1 aromatic rings. The van der Waals surface area contributed by atoms with Crippen molar-refractivity contribution in [2.24, 2.45) is 0 Å². The molecular formula is C12H15BrClN3O. The maximum Gasteiger partial charge on any atom is 0.219 e. The molecule has 0 atom stereocenters. The molecule has 1 aromatic heterocycles. The maximum atomic E-state index is 11.2. The van der Waals surface area contributed by atoms with Crippen LogP contribution < -0.4 is 5.32 Å². The van der Waals surface area contributed by atoms with Gasteiger partial charge in [-0.25, -0.2) is 4.98 Å². The van der Waals surface area contributed by atoms with E-state index in [9.17, 15) is 4.79 Å². The van der Waals surface area contributed by atoms with Crippen LogP contribution in [0.15, 0.2) is 16.7 Å². The molecule has 0 aliphatic carbocycles. The highest BCUT2D eigenvalue weighted by Crippen LogP contribution is 2.25. The number of rotatable bonds is 2. The van der Waals surface area contributed by atoms with E-state index in [0.717, 1.165) is 36.1 Å². The van der Waals surface area contributed by atoms with E-state index in [1.54, 1.807) is 13.1 Å². The van der Waals surface area contributed by atoms with Gasteiger partial charge < -0.3 is 10.2 Å². The number of piperidine rings is 1. The molecule has 98 valence electrons. The van der Waals surface area contributed by atoms with Gasteiger partial charge in [-0.3, -0.25) is 4.79 Å². The van der Waals surface area contributed by atoms with Gasteiger partial charge in [-0.15, -0.1) is 0 Å². The number of aromatic nitrogens is 1. The summed E-state index contributed by atoms with van der Waals surface area (Å²) < 4.78 is 0.899. The van der Waals surface area contributed by atoms with Crippen LogP contribution in [-0.4, -0.2) is 34.9 Å². The lowest BCUT2D eigenvalue weighted by Crippen LogP contribution is -2.41. The second kappa shape index (κ2) is 5.89. The molecule has 0 radical (unpaired) electrons. The molecule has 1 aliphatic heterocycles. The molecule has 4 nitrogen and oxygen atoms in total. The number of likely N-dealkylation sites (tertiary alicyclic amines) is 1. The van der Waals surface area contributed by atoms with E-state index >= 15 is 0 Å². The van der Waals surface area contributed by atoms with Gasteiger partial charge in [-0.05, 0) is 34.8 Å². The van der Waals surface area contributed by atoms with Crippen LogP contribution in [-0.2, 0) is 4.79 Å². The minimum atomic E-state index is 0.149. The minimum Gasteiger partial charge on any atom is -0.380 e. The van der Waals surface area contributed by atoms with E-state index < -0.39 is 0 Å². The predicted molar refractivity (Wildman–Crippen MR) is 75.8 cm³/mol. The summed E-state index contributed by atoms with van der Waals surface area (Å²) in [7, 11) is 0. The number of carbonyl (C=O) groups is 1. The Bertz CT molecular complexity index is 447. The molecule has 1 saturated heterocycles. The molecular weight excluding hydrogens is 318 g/mol. The van der Waals surface area contributed by atoms with Crippen LogP contribution in [0.25, 0.3) is 0 Å². The number of carbonyl (C=O) groups excluding carboxylic acids is 1. The smallest absolute Gasteiger partial charge is 0.219 e. The van der Waals surface area contributed by atoms with E-state index in [0.29, 0.717) is 11.2 Å². The summed E-state index contributed by atoms with van der Waals surface area (Å²) in [5.74, 6) is 0.149. The zero-order valence-corrected chi connectivity index (χ0v) is 12.5. The molecule has 0 unspecified atom stereocenters. The van der Waals surface area contributed by atoms with Crippen molar-refractivity contribution >= 4 is 39.1 Å². The topological polar surface area (TPSA) is 45.2 Å². The summed E-state index contributed by atoms with van der Waals surface area (Å²) >= 11 is 9.41. The Morgan fingerprint density at radius 1 is 1.56 bits per heavy atom. The van der Waals surface area contributed by atoms with Crippen molar-refractivity contribution in [3.8, 4) is 0 Å². The lowest BCUT2D eigenvalue weighted by atomic mass is 10.0. The largest absolute Gasteiger partial charge is 0.380 e. The number of anilines is 1. The maximum absolute atomic E-state index is 11.2. The number of nitrogens with one attached hydrogen (secondary N) is 1. The molecule has 2 rings (SSSR count). The fraction of sp³-hybridized carbons (Fsp3) is 0.500. The van der Waals surface area contributed by atoms with Crippen molar-refractivity contribution in [1.82, 2.24) is 9.88 Å². The van der Waals surface area contributed by atoms with Crippen molar-refractivity contribution < 1.29 is 4.79 Å². The highest BCUT2D eigenvalue weighted by Gasteiger charge is 2.21. The van der Waals surface area contributed by atoms with E-state index in [1.807, 2.05) is 11.0 Å². The summed E-state index contributed by atoms with van der Waals surface area (Å²) in [4.78, 5) is 17.2. The van der Waals surface area contributed by atoms with Crippen LogP contribution in [0.1, 0.15) is 19.8 Å². The van der Waals surface area contributed by atoms with Crippen LogP contribution in [0.3, 0.4) is 0 Å². The van der Waals surface area contributed by atoms with Crippen molar-refractivity contribution in [2.45, 2.75) is 25.8 Å².